The summed E-state index contributed by atoms with van der Waals surface area (Å²) >= 11 is 6.10. The topological polar surface area (TPSA) is 63.1 Å². The Morgan fingerprint density at radius 3 is 2.77 bits per heavy atom. The van der Waals surface area contributed by atoms with Gasteiger partial charge in [0.2, 0.25) is 5.91 Å². The van der Waals surface area contributed by atoms with Crippen LogP contribution in [0.5, 0.6) is 0 Å². The molecule has 3 aromatic rings. The number of halogens is 1. The van der Waals surface area contributed by atoms with Gasteiger partial charge in [-0.15, -0.1) is 0 Å². The minimum absolute atomic E-state index is 0.126. The van der Waals surface area contributed by atoms with Gasteiger partial charge in [0.05, 0.1) is 17.9 Å². The predicted octanol–water partition coefficient (Wildman–Crippen LogP) is 3.69. The fourth-order valence-corrected chi connectivity index (χ4v) is 2.96. The van der Waals surface area contributed by atoms with Gasteiger partial charge in [-0.3, -0.25) is 4.79 Å². The van der Waals surface area contributed by atoms with E-state index < -0.39 is 0 Å². The maximum atomic E-state index is 12.7. The zero-order valence-corrected chi connectivity index (χ0v) is 15.4. The molecule has 0 atom stereocenters. The molecule has 0 saturated carbocycles. The van der Waals surface area contributed by atoms with Gasteiger partial charge in [-0.05, 0) is 43.7 Å². The summed E-state index contributed by atoms with van der Waals surface area (Å²) in [5.74, 6) is -0.126. The van der Waals surface area contributed by atoms with Crippen molar-refractivity contribution in [2.45, 2.75) is 13.8 Å². The number of carbonyl (C=O) groups excluding carboxylic acids is 1. The Labute approximate surface area is 157 Å². The Hall–Kier alpha value is -2.86. The number of anilines is 2. The molecule has 26 heavy (non-hydrogen) atoms. The predicted molar refractivity (Wildman–Crippen MR) is 104 cm³/mol. The molecule has 3 rings (SSSR count). The number of hydrogen-bond donors (Lipinski definition) is 1. The average molecular weight is 370 g/mol. The third kappa shape index (κ3) is 4.03. The number of amides is 1. The van der Waals surface area contributed by atoms with Gasteiger partial charge in [0.25, 0.3) is 0 Å². The van der Waals surface area contributed by atoms with Crippen LogP contribution in [0.1, 0.15) is 12.5 Å². The number of rotatable bonds is 6. The van der Waals surface area contributed by atoms with E-state index in [1.165, 1.54) is 6.33 Å². The second-order valence-corrected chi connectivity index (χ2v) is 6.29. The lowest BCUT2D eigenvalue weighted by Gasteiger charge is -2.24. The van der Waals surface area contributed by atoms with E-state index in [2.05, 4.69) is 15.4 Å². The van der Waals surface area contributed by atoms with Crippen LogP contribution in [0.3, 0.4) is 0 Å². The number of nitrogens with one attached hydrogen (secondary N) is 1. The molecule has 0 radical (unpaired) electrons. The molecule has 0 aliphatic rings. The summed E-state index contributed by atoms with van der Waals surface area (Å²) in [5, 5.41) is 7.60. The number of benzene rings is 2. The van der Waals surface area contributed by atoms with Crippen molar-refractivity contribution in [1.29, 1.82) is 0 Å². The van der Waals surface area contributed by atoms with Crippen LogP contribution >= 0.6 is 11.6 Å². The molecule has 1 aromatic heterocycles. The lowest BCUT2D eigenvalue weighted by molar-refractivity contribution is -0.115. The van der Waals surface area contributed by atoms with Gasteiger partial charge in [-0.25, -0.2) is 9.67 Å². The molecule has 1 amide bonds. The van der Waals surface area contributed by atoms with Crippen molar-refractivity contribution in [2.75, 3.05) is 23.3 Å². The van der Waals surface area contributed by atoms with E-state index in [9.17, 15) is 4.79 Å². The summed E-state index contributed by atoms with van der Waals surface area (Å²) in [6.45, 7) is 5.03. The number of hydrogen-bond acceptors (Lipinski definition) is 4. The van der Waals surface area contributed by atoms with E-state index in [0.29, 0.717) is 16.4 Å². The second kappa shape index (κ2) is 8.01. The van der Waals surface area contributed by atoms with Crippen molar-refractivity contribution in [3.63, 3.8) is 0 Å². The number of carbonyl (C=O) groups is 1. The molecular weight excluding hydrogens is 350 g/mol. The molecule has 0 fully saturated rings. The van der Waals surface area contributed by atoms with Crippen molar-refractivity contribution in [1.82, 2.24) is 14.8 Å². The van der Waals surface area contributed by atoms with Gasteiger partial charge >= 0.3 is 0 Å². The van der Waals surface area contributed by atoms with Crippen LogP contribution in [0.25, 0.3) is 5.69 Å². The largest absolute Gasteiger partial charge is 0.362 e. The van der Waals surface area contributed by atoms with E-state index in [1.54, 1.807) is 29.2 Å². The fraction of sp³-hybridized carbons (Fsp3) is 0.211. The van der Waals surface area contributed by atoms with Crippen LogP contribution in [0.2, 0.25) is 5.02 Å². The Balaban J connectivity index is 1.80. The number of nitrogens with zero attached hydrogens (tertiary/aromatic N) is 4. The van der Waals surface area contributed by atoms with E-state index in [1.807, 2.05) is 43.0 Å². The number of aromatic nitrogens is 3. The normalized spacial score (nSPS) is 10.6. The maximum Gasteiger partial charge on any atom is 0.243 e. The van der Waals surface area contributed by atoms with Crippen molar-refractivity contribution >= 4 is 28.9 Å². The molecule has 7 heteroatoms. The average Bonchev–Trinajstić information content (AvgIpc) is 3.15. The molecule has 0 spiro atoms. The molecule has 0 saturated heterocycles. The van der Waals surface area contributed by atoms with E-state index in [-0.39, 0.29) is 12.5 Å². The Bertz CT molecular complexity index is 895. The molecule has 0 aliphatic carbocycles. The lowest BCUT2D eigenvalue weighted by atomic mass is 10.2. The molecule has 0 unspecified atom stereocenters. The van der Waals surface area contributed by atoms with Crippen molar-refractivity contribution < 1.29 is 4.79 Å². The molecule has 134 valence electrons. The summed E-state index contributed by atoms with van der Waals surface area (Å²) in [6, 6.07) is 13.3. The highest BCUT2D eigenvalue weighted by molar-refractivity contribution is 6.31. The first-order chi connectivity index (χ1) is 12.6. The maximum absolute atomic E-state index is 12.7. The summed E-state index contributed by atoms with van der Waals surface area (Å²) in [4.78, 5) is 18.6. The Kier molecular flexibility index (Phi) is 5.53. The van der Waals surface area contributed by atoms with Crippen LogP contribution in [0.4, 0.5) is 11.4 Å². The molecule has 1 N–H and O–H groups in total. The number of aryl methyl sites for hydroxylation is 1. The van der Waals surface area contributed by atoms with Crippen molar-refractivity contribution in [3.8, 4) is 5.69 Å². The van der Waals surface area contributed by atoms with Crippen LogP contribution < -0.4 is 10.2 Å². The van der Waals surface area contributed by atoms with E-state index in [0.717, 1.165) is 17.8 Å². The standard InChI is InChI=1S/C19H20ClN5O/c1-3-24(17-7-5-4-6-14(17)2)11-19(26)23-16-10-15(20)8-9-18(16)25-13-21-12-22-25/h4-10,12-13H,3,11H2,1-2H3,(H,23,26). The summed E-state index contributed by atoms with van der Waals surface area (Å²) in [6.07, 6.45) is 3.02. The highest BCUT2D eigenvalue weighted by Crippen LogP contribution is 2.24. The third-order valence-corrected chi connectivity index (χ3v) is 4.31. The van der Waals surface area contributed by atoms with Crippen LogP contribution in [0.15, 0.2) is 55.1 Å². The second-order valence-electron chi connectivity index (χ2n) is 5.85. The van der Waals surface area contributed by atoms with Crippen LogP contribution in [-0.4, -0.2) is 33.8 Å². The van der Waals surface area contributed by atoms with Crippen molar-refractivity contribution in [2.24, 2.45) is 0 Å². The first-order valence-corrected chi connectivity index (χ1v) is 8.71. The lowest BCUT2D eigenvalue weighted by Crippen LogP contribution is -2.33. The van der Waals surface area contributed by atoms with E-state index in [4.69, 9.17) is 11.6 Å². The quantitative estimate of drug-likeness (QED) is 0.719. The van der Waals surface area contributed by atoms with Gasteiger partial charge in [-0.2, -0.15) is 5.10 Å². The Morgan fingerprint density at radius 1 is 1.27 bits per heavy atom. The zero-order valence-electron chi connectivity index (χ0n) is 14.7. The van der Waals surface area contributed by atoms with Gasteiger partial charge in [0, 0.05) is 17.3 Å². The minimum Gasteiger partial charge on any atom is -0.362 e. The van der Waals surface area contributed by atoms with Gasteiger partial charge in [0.1, 0.15) is 12.7 Å². The van der Waals surface area contributed by atoms with Gasteiger partial charge in [-0.1, -0.05) is 29.8 Å². The summed E-state index contributed by atoms with van der Waals surface area (Å²) in [5.41, 5.74) is 3.48. The minimum atomic E-state index is -0.126. The monoisotopic (exact) mass is 369 g/mol. The third-order valence-electron chi connectivity index (χ3n) is 4.07. The molecule has 6 nitrogen and oxygen atoms in total. The van der Waals surface area contributed by atoms with E-state index >= 15 is 0 Å². The fourth-order valence-electron chi connectivity index (χ4n) is 2.79. The highest BCUT2D eigenvalue weighted by atomic mass is 35.5. The zero-order chi connectivity index (χ0) is 18.5. The summed E-state index contributed by atoms with van der Waals surface area (Å²) < 4.78 is 1.59. The first kappa shape index (κ1) is 17.9. The smallest absolute Gasteiger partial charge is 0.243 e. The van der Waals surface area contributed by atoms with Gasteiger partial charge in [0.15, 0.2) is 0 Å². The molecule has 1 heterocycles. The number of likely N-dealkylation sites (N-methyl/N-ethyl adjacent to an activating group) is 1. The van der Waals surface area contributed by atoms with Crippen LogP contribution in [0, 0.1) is 6.92 Å². The molecule has 0 aliphatic heterocycles. The van der Waals surface area contributed by atoms with Crippen molar-refractivity contribution in [3.05, 3.63) is 65.7 Å². The highest BCUT2D eigenvalue weighted by Gasteiger charge is 2.14. The summed E-state index contributed by atoms with van der Waals surface area (Å²) in [7, 11) is 0. The van der Waals surface area contributed by atoms with Crippen LogP contribution in [-0.2, 0) is 4.79 Å². The molecule has 2 aromatic carbocycles. The number of para-hydroxylation sites is 1. The molecule has 0 bridgehead atoms. The van der Waals surface area contributed by atoms with Gasteiger partial charge < -0.3 is 10.2 Å². The SMILES string of the molecule is CCN(CC(=O)Nc1cc(Cl)ccc1-n1cncn1)c1ccccc1C. The molecular formula is C19H20ClN5O. The first-order valence-electron chi connectivity index (χ1n) is 8.33. The Morgan fingerprint density at radius 2 is 2.08 bits per heavy atom.